The van der Waals surface area contributed by atoms with Gasteiger partial charge in [-0.05, 0) is 75.5 Å². The van der Waals surface area contributed by atoms with Gasteiger partial charge in [-0.3, -0.25) is 10.6 Å². The van der Waals surface area contributed by atoms with Gasteiger partial charge in [-0.25, -0.2) is 5.43 Å². The van der Waals surface area contributed by atoms with Crippen LogP contribution in [0.25, 0.3) is 0 Å². The molecule has 108 valence electrons. The summed E-state index contributed by atoms with van der Waals surface area (Å²) < 4.78 is 0. The van der Waals surface area contributed by atoms with Crippen LogP contribution in [-0.4, -0.2) is 18.0 Å². The van der Waals surface area contributed by atoms with E-state index < -0.39 is 5.54 Å². The largest absolute Gasteiger partial charge is 0.354 e. The fraction of sp³-hybridized carbons (Fsp3) is 0.933. The Kier molecular flexibility index (Phi) is 3.34. The summed E-state index contributed by atoms with van der Waals surface area (Å²) in [6.45, 7) is 4.48. The molecule has 0 radical (unpaired) electrons. The Balaban J connectivity index is 1.58. The van der Waals surface area contributed by atoms with Gasteiger partial charge in [-0.15, -0.1) is 0 Å². The molecule has 19 heavy (non-hydrogen) atoms. The maximum atomic E-state index is 12.1. The number of amides is 1. The van der Waals surface area contributed by atoms with Crippen LogP contribution in [0.1, 0.15) is 46.0 Å². The molecule has 0 unspecified atom stereocenters. The van der Waals surface area contributed by atoms with E-state index >= 15 is 0 Å². The normalized spacial score (nSPS) is 40.5. The van der Waals surface area contributed by atoms with Gasteiger partial charge in [0.2, 0.25) is 5.91 Å². The summed E-state index contributed by atoms with van der Waals surface area (Å²) in [6.07, 6.45) is 7.12. The number of hydrazine groups is 1. The van der Waals surface area contributed by atoms with E-state index in [9.17, 15) is 4.79 Å². The van der Waals surface area contributed by atoms with Crippen LogP contribution in [0.5, 0.6) is 0 Å². The number of carbonyl (C=O) groups excluding carboxylic acids is 1. The number of hydrogen-bond acceptors (Lipinski definition) is 3. The molecule has 4 nitrogen and oxygen atoms in total. The van der Waals surface area contributed by atoms with Crippen LogP contribution in [0.4, 0.5) is 0 Å². The fourth-order valence-corrected chi connectivity index (χ4v) is 4.87. The molecular weight excluding hydrogens is 238 g/mol. The zero-order chi connectivity index (χ0) is 13.6. The van der Waals surface area contributed by atoms with Crippen molar-refractivity contribution in [1.29, 1.82) is 0 Å². The van der Waals surface area contributed by atoms with Gasteiger partial charge >= 0.3 is 0 Å². The molecule has 4 bridgehead atoms. The van der Waals surface area contributed by atoms with Gasteiger partial charge in [0.1, 0.15) is 5.54 Å². The maximum Gasteiger partial charge on any atom is 0.241 e. The summed E-state index contributed by atoms with van der Waals surface area (Å²) >= 11 is 0. The quantitative estimate of drug-likeness (QED) is 0.532. The standard InChI is InChI=1S/C15H27N3O/c1-15(2,18-16)14(19)17-8-13-11-4-9-3-10(6-11)7-12(13)5-9/h9-13,18H,3-8,16H2,1-2H3,(H,17,19). The molecule has 0 saturated heterocycles. The Labute approximate surface area is 115 Å². The van der Waals surface area contributed by atoms with Crippen LogP contribution >= 0.6 is 0 Å². The van der Waals surface area contributed by atoms with Gasteiger partial charge in [0.05, 0.1) is 0 Å². The summed E-state index contributed by atoms with van der Waals surface area (Å²) in [4.78, 5) is 12.1. The average molecular weight is 265 g/mol. The minimum atomic E-state index is -0.675. The van der Waals surface area contributed by atoms with Crippen LogP contribution in [0.3, 0.4) is 0 Å². The molecular formula is C15H27N3O. The van der Waals surface area contributed by atoms with Crippen molar-refractivity contribution >= 4 is 5.91 Å². The molecule has 0 aromatic carbocycles. The zero-order valence-electron chi connectivity index (χ0n) is 12.1. The molecule has 0 aromatic heterocycles. The van der Waals surface area contributed by atoms with Crippen LogP contribution in [0.15, 0.2) is 0 Å². The minimum Gasteiger partial charge on any atom is -0.354 e. The number of hydrogen-bond donors (Lipinski definition) is 3. The second-order valence-electron chi connectivity index (χ2n) is 7.57. The molecule has 4 N–H and O–H groups in total. The first kappa shape index (κ1) is 13.4. The second kappa shape index (κ2) is 4.74. The molecule has 0 spiro atoms. The Morgan fingerprint density at radius 2 is 1.63 bits per heavy atom. The number of nitrogens with two attached hydrogens (primary N) is 1. The average Bonchev–Trinajstić information content (AvgIpc) is 2.36. The van der Waals surface area contributed by atoms with Crippen molar-refractivity contribution in [2.45, 2.75) is 51.5 Å². The number of carbonyl (C=O) groups is 1. The Morgan fingerprint density at radius 1 is 1.11 bits per heavy atom. The lowest BCUT2D eigenvalue weighted by atomic mass is 9.52. The molecule has 4 saturated carbocycles. The Hall–Kier alpha value is -0.610. The monoisotopic (exact) mass is 265 g/mol. The van der Waals surface area contributed by atoms with E-state index in [0.717, 1.165) is 30.2 Å². The first-order valence-corrected chi connectivity index (χ1v) is 7.75. The molecule has 0 aromatic rings. The summed E-state index contributed by atoms with van der Waals surface area (Å²) in [5.74, 6) is 9.88. The first-order valence-electron chi connectivity index (χ1n) is 7.75. The summed E-state index contributed by atoms with van der Waals surface area (Å²) in [5, 5.41) is 3.12. The smallest absolute Gasteiger partial charge is 0.241 e. The Bertz CT molecular complexity index is 338. The molecule has 0 atom stereocenters. The van der Waals surface area contributed by atoms with Crippen LogP contribution in [0.2, 0.25) is 0 Å². The highest BCUT2D eigenvalue weighted by molar-refractivity contribution is 5.85. The van der Waals surface area contributed by atoms with Crippen LogP contribution < -0.4 is 16.6 Å². The lowest BCUT2D eigenvalue weighted by Crippen LogP contribution is -2.57. The highest BCUT2D eigenvalue weighted by Gasteiger charge is 2.48. The highest BCUT2D eigenvalue weighted by Crippen LogP contribution is 2.56. The lowest BCUT2D eigenvalue weighted by molar-refractivity contribution is -0.127. The fourth-order valence-electron chi connectivity index (χ4n) is 4.87. The van der Waals surface area contributed by atoms with Crippen LogP contribution in [-0.2, 0) is 4.79 Å². The molecule has 4 rings (SSSR count). The molecule has 4 aliphatic carbocycles. The zero-order valence-corrected chi connectivity index (χ0v) is 12.1. The first-order chi connectivity index (χ1) is 8.99. The van der Waals surface area contributed by atoms with Gasteiger partial charge in [0.15, 0.2) is 0 Å². The van der Waals surface area contributed by atoms with Gasteiger partial charge in [-0.1, -0.05) is 0 Å². The topological polar surface area (TPSA) is 67.1 Å². The van der Waals surface area contributed by atoms with Gasteiger partial charge in [-0.2, -0.15) is 0 Å². The third-order valence-electron chi connectivity index (χ3n) is 5.85. The minimum absolute atomic E-state index is 0.0174. The molecule has 0 heterocycles. The van der Waals surface area contributed by atoms with E-state index in [-0.39, 0.29) is 5.91 Å². The summed E-state index contributed by atoms with van der Waals surface area (Å²) in [7, 11) is 0. The lowest BCUT2D eigenvalue weighted by Gasteiger charge is -2.54. The van der Waals surface area contributed by atoms with E-state index in [1.807, 2.05) is 13.8 Å². The van der Waals surface area contributed by atoms with E-state index in [4.69, 9.17) is 5.84 Å². The summed E-state index contributed by atoms with van der Waals surface area (Å²) in [5.41, 5.74) is 1.91. The van der Waals surface area contributed by atoms with E-state index in [1.165, 1.54) is 32.1 Å². The predicted molar refractivity (Wildman–Crippen MR) is 74.9 cm³/mol. The third kappa shape index (κ3) is 2.40. The van der Waals surface area contributed by atoms with Crippen molar-refractivity contribution < 1.29 is 4.79 Å². The Morgan fingerprint density at radius 3 is 2.11 bits per heavy atom. The van der Waals surface area contributed by atoms with Crippen molar-refractivity contribution in [3.05, 3.63) is 0 Å². The SMILES string of the molecule is CC(C)(NN)C(=O)NCC1C2CC3CC(C2)CC1C3. The van der Waals surface area contributed by atoms with E-state index in [0.29, 0.717) is 5.92 Å². The van der Waals surface area contributed by atoms with Crippen LogP contribution in [0, 0.1) is 29.6 Å². The highest BCUT2D eigenvalue weighted by atomic mass is 16.2. The maximum absolute atomic E-state index is 12.1. The number of nitrogens with one attached hydrogen (secondary N) is 2. The molecule has 1 amide bonds. The predicted octanol–water partition coefficient (Wildman–Crippen LogP) is 1.42. The molecule has 4 fully saturated rings. The van der Waals surface area contributed by atoms with Crippen molar-refractivity contribution in [2.75, 3.05) is 6.54 Å². The van der Waals surface area contributed by atoms with Crippen molar-refractivity contribution in [2.24, 2.45) is 35.4 Å². The van der Waals surface area contributed by atoms with E-state index in [1.54, 1.807) is 0 Å². The van der Waals surface area contributed by atoms with Gasteiger partial charge in [0.25, 0.3) is 0 Å². The summed E-state index contributed by atoms with van der Waals surface area (Å²) in [6, 6.07) is 0. The molecule has 4 heteroatoms. The van der Waals surface area contributed by atoms with Crippen molar-refractivity contribution in [3.63, 3.8) is 0 Å². The van der Waals surface area contributed by atoms with Crippen molar-refractivity contribution in [1.82, 2.24) is 10.7 Å². The van der Waals surface area contributed by atoms with E-state index in [2.05, 4.69) is 10.7 Å². The van der Waals surface area contributed by atoms with Gasteiger partial charge < -0.3 is 5.32 Å². The second-order valence-corrected chi connectivity index (χ2v) is 7.57. The third-order valence-corrected chi connectivity index (χ3v) is 5.85. The molecule has 4 aliphatic rings. The van der Waals surface area contributed by atoms with Gasteiger partial charge in [0, 0.05) is 6.54 Å². The van der Waals surface area contributed by atoms with Crippen molar-refractivity contribution in [3.8, 4) is 0 Å². The number of rotatable bonds is 4. The molecule has 0 aliphatic heterocycles.